The second kappa shape index (κ2) is 9.96. The quantitative estimate of drug-likeness (QED) is 0.390. The molecule has 27 heavy (non-hydrogen) atoms. The second-order valence-electron chi connectivity index (χ2n) is 6.75. The molecule has 0 saturated carbocycles. The summed E-state index contributed by atoms with van der Waals surface area (Å²) in [6.45, 7) is 6.42. The van der Waals surface area contributed by atoms with E-state index in [1.54, 1.807) is 19.2 Å². The SMILES string of the molecule is CN=C(NCc1cc(C)oc1C)NC1CCN(c2cccc(F)c2)CC1.I. The summed E-state index contributed by atoms with van der Waals surface area (Å²) in [5.74, 6) is 2.48. The van der Waals surface area contributed by atoms with Crippen LogP contribution in [0.3, 0.4) is 0 Å². The molecule has 1 aromatic heterocycles. The largest absolute Gasteiger partial charge is 0.466 e. The van der Waals surface area contributed by atoms with Crippen molar-refractivity contribution in [2.75, 3.05) is 25.0 Å². The highest BCUT2D eigenvalue weighted by molar-refractivity contribution is 14.0. The molecule has 1 aliphatic rings. The summed E-state index contributed by atoms with van der Waals surface area (Å²) < 4.78 is 19.0. The number of halogens is 2. The lowest BCUT2D eigenvalue weighted by Crippen LogP contribution is -2.48. The minimum absolute atomic E-state index is 0. The smallest absolute Gasteiger partial charge is 0.191 e. The molecule has 0 bridgehead atoms. The molecule has 5 nitrogen and oxygen atoms in total. The van der Waals surface area contributed by atoms with Crippen LogP contribution in [0.15, 0.2) is 39.7 Å². The Balaban J connectivity index is 0.00000261. The van der Waals surface area contributed by atoms with Crippen LogP contribution in [0.5, 0.6) is 0 Å². The lowest BCUT2D eigenvalue weighted by atomic mass is 10.0. The summed E-state index contributed by atoms with van der Waals surface area (Å²) in [6, 6.07) is 9.22. The Morgan fingerprint density at radius 3 is 2.59 bits per heavy atom. The third-order valence-corrected chi connectivity index (χ3v) is 4.82. The number of furan rings is 1. The van der Waals surface area contributed by atoms with Crippen molar-refractivity contribution in [2.24, 2.45) is 4.99 Å². The number of aryl methyl sites for hydroxylation is 2. The molecule has 1 fully saturated rings. The minimum Gasteiger partial charge on any atom is -0.466 e. The Labute approximate surface area is 177 Å². The van der Waals surface area contributed by atoms with Gasteiger partial charge < -0.3 is 20.0 Å². The highest BCUT2D eigenvalue weighted by Crippen LogP contribution is 2.20. The molecule has 0 unspecified atom stereocenters. The normalized spacial score (nSPS) is 15.4. The maximum absolute atomic E-state index is 13.4. The fourth-order valence-electron chi connectivity index (χ4n) is 3.38. The van der Waals surface area contributed by atoms with E-state index in [-0.39, 0.29) is 29.8 Å². The molecule has 1 aliphatic heterocycles. The van der Waals surface area contributed by atoms with Crippen LogP contribution in [-0.2, 0) is 6.54 Å². The minimum atomic E-state index is -0.183. The van der Waals surface area contributed by atoms with E-state index >= 15 is 0 Å². The van der Waals surface area contributed by atoms with Gasteiger partial charge in [-0.3, -0.25) is 4.99 Å². The van der Waals surface area contributed by atoms with E-state index in [0.717, 1.165) is 54.7 Å². The molecular formula is C20H28FIN4O. The summed E-state index contributed by atoms with van der Waals surface area (Å²) in [6.07, 6.45) is 1.97. The van der Waals surface area contributed by atoms with Crippen molar-refractivity contribution in [3.05, 3.63) is 53.2 Å². The molecule has 2 heterocycles. The van der Waals surface area contributed by atoms with Gasteiger partial charge in [0.25, 0.3) is 0 Å². The molecule has 2 N–H and O–H groups in total. The van der Waals surface area contributed by atoms with Crippen molar-refractivity contribution < 1.29 is 8.81 Å². The molecule has 0 amide bonds. The van der Waals surface area contributed by atoms with E-state index in [1.165, 1.54) is 6.07 Å². The number of hydrogen-bond donors (Lipinski definition) is 2. The first-order valence-corrected chi connectivity index (χ1v) is 9.09. The topological polar surface area (TPSA) is 52.8 Å². The Hall–Kier alpha value is -1.77. The average Bonchev–Trinajstić information content (AvgIpc) is 2.96. The van der Waals surface area contributed by atoms with Crippen molar-refractivity contribution in [3.63, 3.8) is 0 Å². The molecule has 0 aliphatic carbocycles. The van der Waals surface area contributed by atoms with Crippen LogP contribution in [0, 0.1) is 19.7 Å². The highest BCUT2D eigenvalue weighted by Gasteiger charge is 2.20. The summed E-state index contributed by atoms with van der Waals surface area (Å²) in [5.41, 5.74) is 2.10. The first kappa shape index (κ1) is 21.5. The Morgan fingerprint density at radius 2 is 2.00 bits per heavy atom. The number of hydrogen-bond acceptors (Lipinski definition) is 3. The van der Waals surface area contributed by atoms with Crippen molar-refractivity contribution in [1.82, 2.24) is 10.6 Å². The van der Waals surface area contributed by atoms with Gasteiger partial charge in [-0.15, -0.1) is 24.0 Å². The summed E-state index contributed by atoms with van der Waals surface area (Å²) in [5, 5.41) is 6.85. The van der Waals surface area contributed by atoms with E-state index in [0.29, 0.717) is 12.6 Å². The maximum atomic E-state index is 13.4. The van der Waals surface area contributed by atoms with Gasteiger partial charge in [-0.25, -0.2) is 4.39 Å². The van der Waals surface area contributed by atoms with E-state index in [4.69, 9.17) is 4.42 Å². The van der Waals surface area contributed by atoms with Gasteiger partial charge in [0.2, 0.25) is 0 Å². The fourth-order valence-corrected chi connectivity index (χ4v) is 3.38. The van der Waals surface area contributed by atoms with Gasteiger partial charge >= 0.3 is 0 Å². The van der Waals surface area contributed by atoms with Crippen LogP contribution in [0.4, 0.5) is 10.1 Å². The molecule has 1 saturated heterocycles. The Kier molecular flexibility index (Phi) is 7.94. The van der Waals surface area contributed by atoms with Gasteiger partial charge in [0.05, 0.1) is 0 Å². The molecule has 0 spiro atoms. The maximum Gasteiger partial charge on any atom is 0.191 e. The number of anilines is 1. The zero-order chi connectivity index (χ0) is 18.5. The Bertz CT molecular complexity index is 769. The van der Waals surface area contributed by atoms with Gasteiger partial charge in [0.1, 0.15) is 17.3 Å². The number of nitrogens with one attached hydrogen (secondary N) is 2. The number of guanidine groups is 1. The molecular weight excluding hydrogens is 458 g/mol. The number of rotatable bonds is 4. The first-order valence-electron chi connectivity index (χ1n) is 9.09. The van der Waals surface area contributed by atoms with Crippen LogP contribution in [0.1, 0.15) is 29.9 Å². The predicted octanol–water partition coefficient (Wildman–Crippen LogP) is 3.99. The lowest BCUT2D eigenvalue weighted by molar-refractivity contribution is 0.460. The third kappa shape index (κ3) is 5.85. The van der Waals surface area contributed by atoms with Gasteiger partial charge in [-0.1, -0.05) is 6.07 Å². The predicted molar refractivity (Wildman–Crippen MR) is 119 cm³/mol. The van der Waals surface area contributed by atoms with Gasteiger partial charge in [-0.05, 0) is 51.0 Å². The van der Waals surface area contributed by atoms with E-state index in [9.17, 15) is 4.39 Å². The molecule has 1 aromatic carbocycles. The van der Waals surface area contributed by atoms with Gasteiger partial charge in [0, 0.05) is 44.0 Å². The average molecular weight is 486 g/mol. The number of nitrogens with zero attached hydrogens (tertiary/aromatic N) is 2. The Morgan fingerprint density at radius 1 is 1.26 bits per heavy atom. The van der Waals surface area contributed by atoms with Crippen LogP contribution < -0.4 is 15.5 Å². The molecule has 3 rings (SSSR count). The summed E-state index contributed by atoms with van der Waals surface area (Å²) in [7, 11) is 1.78. The number of aliphatic imine (C=N–C) groups is 1. The monoisotopic (exact) mass is 486 g/mol. The van der Waals surface area contributed by atoms with Crippen molar-refractivity contribution in [2.45, 2.75) is 39.3 Å². The molecule has 148 valence electrons. The number of benzene rings is 1. The molecule has 2 aromatic rings. The van der Waals surface area contributed by atoms with Gasteiger partial charge in [0.15, 0.2) is 5.96 Å². The van der Waals surface area contributed by atoms with Gasteiger partial charge in [-0.2, -0.15) is 0 Å². The zero-order valence-electron chi connectivity index (χ0n) is 16.1. The van der Waals surface area contributed by atoms with Crippen LogP contribution in [0.2, 0.25) is 0 Å². The summed E-state index contributed by atoms with van der Waals surface area (Å²) >= 11 is 0. The second-order valence-corrected chi connectivity index (χ2v) is 6.75. The number of piperidine rings is 1. The molecule has 0 radical (unpaired) electrons. The lowest BCUT2D eigenvalue weighted by Gasteiger charge is -2.34. The van der Waals surface area contributed by atoms with Crippen molar-refractivity contribution >= 4 is 35.6 Å². The van der Waals surface area contributed by atoms with Crippen LogP contribution in [-0.4, -0.2) is 32.1 Å². The highest BCUT2D eigenvalue weighted by atomic mass is 127. The van der Waals surface area contributed by atoms with Crippen LogP contribution >= 0.6 is 24.0 Å². The van der Waals surface area contributed by atoms with Crippen LogP contribution in [0.25, 0.3) is 0 Å². The van der Waals surface area contributed by atoms with Crippen molar-refractivity contribution in [3.8, 4) is 0 Å². The van der Waals surface area contributed by atoms with Crippen molar-refractivity contribution in [1.29, 1.82) is 0 Å². The first-order chi connectivity index (χ1) is 12.5. The van der Waals surface area contributed by atoms with E-state index in [1.807, 2.05) is 26.0 Å². The standard InChI is InChI=1S/C20H27FN4O.HI/c1-14-11-16(15(2)26-14)13-23-20(22-3)24-18-7-9-25(10-8-18)19-6-4-5-17(21)12-19;/h4-6,11-12,18H,7-10,13H2,1-3H3,(H2,22,23,24);1H. The fraction of sp³-hybridized carbons (Fsp3) is 0.450. The zero-order valence-corrected chi connectivity index (χ0v) is 18.4. The molecule has 0 atom stereocenters. The summed E-state index contributed by atoms with van der Waals surface area (Å²) in [4.78, 5) is 6.55. The molecule has 7 heteroatoms. The van der Waals surface area contributed by atoms with E-state index in [2.05, 4.69) is 20.5 Å². The third-order valence-electron chi connectivity index (χ3n) is 4.82. The van der Waals surface area contributed by atoms with E-state index < -0.39 is 0 Å².